The molecule has 5 heteroatoms. The van der Waals surface area contributed by atoms with Crippen LogP contribution in [0.1, 0.15) is 35.3 Å². The third-order valence-corrected chi connectivity index (χ3v) is 4.16. The average molecular weight is 352 g/mol. The minimum atomic E-state index is -0.334. The van der Waals surface area contributed by atoms with Crippen molar-refractivity contribution in [1.82, 2.24) is 9.97 Å². The summed E-state index contributed by atoms with van der Waals surface area (Å²) in [5.74, 6) is 0.313. The van der Waals surface area contributed by atoms with Gasteiger partial charge >= 0.3 is 0 Å². The Morgan fingerprint density at radius 1 is 0.960 bits per heavy atom. The van der Waals surface area contributed by atoms with Gasteiger partial charge in [-0.05, 0) is 31.5 Å². The quantitative estimate of drug-likeness (QED) is 0.676. The van der Waals surface area contributed by atoms with Gasteiger partial charge in [0.2, 0.25) is 5.95 Å². The van der Waals surface area contributed by atoms with Gasteiger partial charge in [0.25, 0.3) is 0 Å². The minimum Gasteiger partial charge on any atom is -0.345 e. The summed E-state index contributed by atoms with van der Waals surface area (Å²) in [6.07, 6.45) is 3.05. The van der Waals surface area contributed by atoms with E-state index in [1.165, 1.54) is 12.4 Å². The molecule has 0 spiro atoms. The third-order valence-electron chi connectivity index (χ3n) is 3.92. The van der Waals surface area contributed by atoms with Crippen LogP contribution in [0, 0.1) is 0 Å². The summed E-state index contributed by atoms with van der Waals surface area (Å²) in [7, 11) is 0. The average Bonchev–Trinajstić information content (AvgIpc) is 2.62. The Balaban J connectivity index is 1.77. The summed E-state index contributed by atoms with van der Waals surface area (Å²) in [6, 6.07) is 16.9. The van der Waals surface area contributed by atoms with E-state index in [1.54, 1.807) is 24.3 Å². The first kappa shape index (κ1) is 17.1. The molecule has 0 saturated carbocycles. The lowest BCUT2D eigenvalue weighted by molar-refractivity contribution is 0.103. The molecular formula is C20H18ClN3O. The summed E-state index contributed by atoms with van der Waals surface area (Å²) in [5, 5.41) is 3.82. The largest absolute Gasteiger partial charge is 0.345 e. The first-order valence-electron chi connectivity index (χ1n) is 7.92. The van der Waals surface area contributed by atoms with E-state index < -0.39 is 0 Å². The lowest BCUT2D eigenvalue weighted by Gasteiger charge is -2.26. The maximum absolute atomic E-state index is 12.5. The SMILES string of the molecule is CC(C)(Nc1ncc(C(=O)c2cccc(Cl)c2)cn1)c1ccccc1. The number of anilines is 1. The van der Waals surface area contributed by atoms with Gasteiger partial charge in [-0.2, -0.15) is 0 Å². The van der Waals surface area contributed by atoms with Gasteiger partial charge in [-0.15, -0.1) is 0 Å². The van der Waals surface area contributed by atoms with Crippen LogP contribution >= 0.6 is 11.6 Å². The number of nitrogens with zero attached hydrogens (tertiary/aromatic N) is 2. The minimum absolute atomic E-state index is 0.156. The van der Waals surface area contributed by atoms with Crippen LogP contribution in [0.3, 0.4) is 0 Å². The molecule has 0 atom stereocenters. The molecule has 2 aromatic carbocycles. The molecule has 0 unspecified atom stereocenters. The van der Waals surface area contributed by atoms with Crippen LogP contribution in [0.15, 0.2) is 67.0 Å². The number of nitrogens with one attached hydrogen (secondary N) is 1. The molecule has 1 N–H and O–H groups in total. The van der Waals surface area contributed by atoms with Crippen LogP contribution in [0.5, 0.6) is 0 Å². The lowest BCUT2D eigenvalue weighted by Crippen LogP contribution is -2.29. The Morgan fingerprint density at radius 3 is 2.28 bits per heavy atom. The van der Waals surface area contributed by atoms with Crippen molar-refractivity contribution in [2.75, 3.05) is 5.32 Å². The van der Waals surface area contributed by atoms with Crippen LogP contribution in [0.25, 0.3) is 0 Å². The van der Waals surface area contributed by atoms with E-state index in [0.29, 0.717) is 22.1 Å². The summed E-state index contributed by atoms with van der Waals surface area (Å²) in [6.45, 7) is 4.10. The van der Waals surface area contributed by atoms with Gasteiger partial charge in [0, 0.05) is 23.0 Å². The van der Waals surface area contributed by atoms with Gasteiger partial charge < -0.3 is 5.32 Å². The number of hydrogen-bond donors (Lipinski definition) is 1. The number of benzene rings is 2. The highest BCUT2D eigenvalue weighted by atomic mass is 35.5. The maximum Gasteiger partial charge on any atom is 0.223 e. The highest BCUT2D eigenvalue weighted by Gasteiger charge is 2.21. The van der Waals surface area contributed by atoms with Gasteiger partial charge in [-0.1, -0.05) is 54.1 Å². The van der Waals surface area contributed by atoms with E-state index >= 15 is 0 Å². The van der Waals surface area contributed by atoms with Crippen molar-refractivity contribution in [3.8, 4) is 0 Å². The number of rotatable bonds is 5. The van der Waals surface area contributed by atoms with Gasteiger partial charge in [0.05, 0.1) is 11.1 Å². The van der Waals surface area contributed by atoms with Crippen molar-refractivity contribution in [3.05, 3.63) is 88.7 Å². The van der Waals surface area contributed by atoms with Crippen molar-refractivity contribution in [1.29, 1.82) is 0 Å². The Hall–Kier alpha value is -2.72. The molecular weight excluding hydrogens is 334 g/mol. The van der Waals surface area contributed by atoms with E-state index in [0.717, 1.165) is 5.56 Å². The molecule has 3 aromatic rings. The standard InChI is InChI=1S/C20H18ClN3O/c1-20(2,16-8-4-3-5-9-16)24-19-22-12-15(13-23-19)18(25)14-7-6-10-17(21)11-14/h3-13H,1-2H3,(H,22,23,24). The molecule has 0 aliphatic carbocycles. The number of ketones is 1. The van der Waals surface area contributed by atoms with Crippen LogP contribution in [0.2, 0.25) is 5.02 Å². The highest BCUT2D eigenvalue weighted by molar-refractivity contribution is 6.31. The zero-order valence-electron chi connectivity index (χ0n) is 14.0. The Kier molecular flexibility index (Phi) is 4.81. The number of halogens is 1. The molecule has 0 bridgehead atoms. The van der Waals surface area contributed by atoms with Crippen molar-refractivity contribution in [2.24, 2.45) is 0 Å². The first-order chi connectivity index (χ1) is 12.0. The van der Waals surface area contributed by atoms with Gasteiger partial charge in [0.1, 0.15) is 0 Å². The zero-order chi connectivity index (χ0) is 17.9. The molecule has 3 rings (SSSR count). The summed E-state index contributed by atoms with van der Waals surface area (Å²) < 4.78 is 0. The van der Waals surface area contributed by atoms with E-state index in [-0.39, 0.29) is 11.3 Å². The predicted octanol–water partition coefficient (Wildman–Crippen LogP) is 4.71. The molecule has 1 aromatic heterocycles. The third kappa shape index (κ3) is 4.03. The molecule has 0 fully saturated rings. The van der Waals surface area contributed by atoms with Crippen molar-refractivity contribution in [3.63, 3.8) is 0 Å². The lowest BCUT2D eigenvalue weighted by atomic mass is 9.95. The Labute approximate surface area is 151 Å². The topological polar surface area (TPSA) is 54.9 Å². The second kappa shape index (κ2) is 7.03. The monoisotopic (exact) mass is 351 g/mol. The van der Waals surface area contributed by atoms with Gasteiger partial charge in [-0.3, -0.25) is 4.79 Å². The number of carbonyl (C=O) groups excluding carboxylic acids is 1. The Morgan fingerprint density at radius 2 is 1.64 bits per heavy atom. The first-order valence-corrected chi connectivity index (χ1v) is 8.29. The highest BCUT2D eigenvalue weighted by Crippen LogP contribution is 2.23. The molecule has 1 heterocycles. The molecule has 126 valence electrons. The van der Waals surface area contributed by atoms with Crippen LogP contribution in [0.4, 0.5) is 5.95 Å². The molecule has 25 heavy (non-hydrogen) atoms. The van der Waals surface area contributed by atoms with Crippen molar-refractivity contribution >= 4 is 23.3 Å². The van der Waals surface area contributed by atoms with Gasteiger partial charge in [-0.25, -0.2) is 9.97 Å². The smallest absolute Gasteiger partial charge is 0.223 e. The maximum atomic E-state index is 12.5. The number of hydrogen-bond acceptors (Lipinski definition) is 4. The van der Waals surface area contributed by atoms with Crippen molar-refractivity contribution < 1.29 is 4.79 Å². The summed E-state index contributed by atoms with van der Waals surface area (Å²) >= 11 is 5.94. The van der Waals surface area contributed by atoms with E-state index in [9.17, 15) is 4.79 Å². The van der Waals surface area contributed by atoms with E-state index in [1.807, 2.05) is 30.3 Å². The molecule has 0 saturated heterocycles. The Bertz CT molecular complexity index is 877. The van der Waals surface area contributed by atoms with Gasteiger partial charge in [0.15, 0.2) is 5.78 Å². The number of aromatic nitrogens is 2. The molecule has 0 amide bonds. The fourth-order valence-corrected chi connectivity index (χ4v) is 2.70. The summed E-state index contributed by atoms with van der Waals surface area (Å²) in [5.41, 5.74) is 1.73. The normalized spacial score (nSPS) is 11.2. The summed E-state index contributed by atoms with van der Waals surface area (Å²) in [4.78, 5) is 21.0. The molecule has 4 nitrogen and oxygen atoms in total. The van der Waals surface area contributed by atoms with Crippen LogP contribution in [-0.2, 0) is 5.54 Å². The second-order valence-electron chi connectivity index (χ2n) is 6.25. The molecule has 0 radical (unpaired) electrons. The fraction of sp³-hybridized carbons (Fsp3) is 0.150. The van der Waals surface area contributed by atoms with Crippen LogP contribution < -0.4 is 5.32 Å². The van der Waals surface area contributed by atoms with Crippen LogP contribution in [-0.4, -0.2) is 15.8 Å². The predicted molar refractivity (Wildman–Crippen MR) is 100 cm³/mol. The fourth-order valence-electron chi connectivity index (χ4n) is 2.51. The molecule has 0 aliphatic heterocycles. The number of carbonyl (C=O) groups is 1. The van der Waals surface area contributed by atoms with Crippen molar-refractivity contribution in [2.45, 2.75) is 19.4 Å². The molecule has 0 aliphatic rings. The van der Waals surface area contributed by atoms with E-state index in [2.05, 4.69) is 29.1 Å². The van der Waals surface area contributed by atoms with E-state index in [4.69, 9.17) is 11.6 Å². The second-order valence-corrected chi connectivity index (χ2v) is 6.69. The zero-order valence-corrected chi connectivity index (χ0v) is 14.8.